The number of hydrogen-bond donors (Lipinski definition) is 1. The van der Waals surface area contributed by atoms with Gasteiger partial charge in [0.15, 0.2) is 0 Å². The Balaban J connectivity index is 2.67. The Labute approximate surface area is 132 Å². The van der Waals surface area contributed by atoms with Gasteiger partial charge in [-0.15, -0.1) is 0 Å². The minimum absolute atomic E-state index is 0.338. The van der Waals surface area contributed by atoms with Gasteiger partial charge in [-0.05, 0) is 68.9 Å². The second-order valence-corrected chi connectivity index (χ2v) is 10.2. The van der Waals surface area contributed by atoms with Crippen molar-refractivity contribution < 1.29 is 8.42 Å². The first-order valence-electron chi connectivity index (χ1n) is 8.54. The quantitative estimate of drug-likeness (QED) is 0.781. The molecule has 21 heavy (non-hydrogen) atoms. The molecule has 3 atom stereocenters. The molecule has 1 fully saturated rings. The van der Waals surface area contributed by atoms with Crippen LogP contribution in [0.5, 0.6) is 0 Å². The highest BCUT2D eigenvalue weighted by atomic mass is 32.2. The van der Waals surface area contributed by atoms with Crippen molar-refractivity contribution in [2.75, 3.05) is 25.1 Å². The monoisotopic (exact) mass is 317 g/mol. The molecule has 0 amide bonds. The maximum atomic E-state index is 12.0. The summed E-state index contributed by atoms with van der Waals surface area (Å²) >= 11 is 0. The fourth-order valence-corrected chi connectivity index (χ4v) is 5.23. The predicted molar refractivity (Wildman–Crippen MR) is 91.3 cm³/mol. The van der Waals surface area contributed by atoms with Crippen LogP contribution in [-0.4, -0.2) is 33.5 Å². The van der Waals surface area contributed by atoms with E-state index >= 15 is 0 Å². The first-order valence-corrected chi connectivity index (χ1v) is 10.4. The molecule has 4 heteroatoms. The zero-order valence-electron chi connectivity index (χ0n) is 14.6. The maximum absolute atomic E-state index is 12.0. The summed E-state index contributed by atoms with van der Waals surface area (Å²) in [6.07, 6.45) is 5.30. The second-order valence-electron chi connectivity index (χ2n) is 7.89. The Kier molecular flexibility index (Phi) is 7.18. The summed E-state index contributed by atoms with van der Waals surface area (Å²) in [5.41, 5.74) is 0.338. The van der Waals surface area contributed by atoms with Crippen molar-refractivity contribution in [3.63, 3.8) is 0 Å². The van der Waals surface area contributed by atoms with Gasteiger partial charge in [0.05, 0.1) is 5.75 Å². The van der Waals surface area contributed by atoms with Crippen LogP contribution < -0.4 is 5.32 Å². The molecule has 0 heterocycles. The SMILES string of the molecule is CCCS(=O)(=O)CCC1CC(C(C)(C)C)CCC1CNC. The highest BCUT2D eigenvalue weighted by molar-refractivity contribution is 7.91. The summed E-state index contributed by atoms with van der Waals surface area (Å²) in [7, 11) is -0.842. The molecule has 3 nitrogen and oxygen atoms in total. The summed E-state index contributed by atoms with van der Waals surface area (Å²) < 4.78 is 24.0. The van der Waals surface area contributed by atoms with Crippen LogP contribution in [0.4, 0.5) is 0 Å². The molecule has 0 aliphatic heterocycles. The summed E-state index contributed by atoms with van der Waals surface area (Å²) in [6.45, 7) is 9.93. The van der Waals surface area contributed by atoms with Crippen LogP contribution in [0.1, 0.15) is 59.8 Å². The Hall–Kier alpha value is -0.0900. The summed E-state index contributed by atoms with van der Waals surface area (Å²) in [5, 5.41) is 3.29. The van der Waals surface area contributed by atoms with Crippen molar-refractivity contribution in [1.82, 2.24) is 5.32 Å². The molecule has 0 spiro atoms. The smallest absolute Gasteiger partial charge is 0.150 e. The van der Waals surface area contributed by atoms with E-state index in [9.17, 15) is 8.42 Å². The zero-order valence-corrected chi connectivity index (χ0v) is 15.4. The van der Waals surface area contributed by atoms with E-state index < -0.39 is 9.84 Å². The van der Waals surface area contributed by atoms with Crippen molar-refractivity contribution in [2.24, 2.45) is 23.2 Å². The van der Waals surface area contributed by atoms with Gasteiger partial charge in [-0.3, -0.25) is 0 Å². The lowest BCUT2D eigenvalue weighted by Crippen LogP contribution is -2.36. The third-order valence-corrected chi connectivity index (χ3v) is 7.03. The molecular formula is C17H35NO2S. The molecular weight excluding hydrogens is 282 g/mol. The van der Waals surface area contributed by atoms with Crippen LogP contribution >= 0.6 is 0 Å². The minimum Gasteiger partial charge on any atom is -0.319 e. The first-order chi connectivity index (χ1) is 9.69. The lowest BCUT2D eigenvalue weighted by atomic mass is 9.65. The van der Waals surface area contributed by atoms with Gasteiger partial charge in [-0.2, -0.15) is 0 Å². The molecule has 1 aliphatic carbocycles. The van der Waals surface area contributed by atoms with Crippen molar-refractivity contribution >= 4 is 9.84 Å². The lowest BCUT2D eigenvalue weighted by Gasteiger charge is -2.42. The molecule has 1 N–H and O–H groups in total. The Morgan fingerprint density at radius 2 is 1.76 bits per heavy atom. The minimum atomic E-state index is -2.84. The topological polar surface area (TPSA) is 46.2 Å². The van der Waals surface area contributed by atoms with Crippen LogP contribution in [0.3, 0.4) is 0 Å². The molecule has 0 radical (unpaired) electrons. The lowest BCUT2D eigenvalue weighted by molar-refractivity contribution is 0.0964. The Bertz CT molecular complexity index is 398. The molecule has 0 aromatic rings. The van der Waals surface area contributed by atoms with E-state index in [2.05, 4.69) is 26.1 Å². The third-order valence-electron chi connectivity index (χ3n) is 5.15. The van der Waals surface area contributed by atoms with Gasteiger partial charge in [-0.1, -0.05) is 27.7 Å². The molecule has 1 saturated carbocycles. The largest absolute Gasteiger partial charge is 0.319 e. The molecule has 0 aromatic carbocycles. The highest BCUT2D eigenvalue weighted by Crippen LogP contribution is 2.43. The zero-order chi connectivity index (χ0) is 16.1. The fourth-order valence-electron chi connectivity index (χ4n) is 3.74. The normalized spacial score (nSPS) is 27.8. The van der Waals surface area contributed by atoms with E-state index in [1.54, 1.807) is 0 Å². The number of sulfone groups is 1. The van der Waals surface area contributed by atoms with Gasteiger partial charge < -0.3 is 5.32 Å². The molecule has 0 saturated heterocycles. The third kappa shape index (κ3) is 6.27. The first kappa shape index (κ1) is 19.0. The van der Waals surface area contributed by atoms with Crippen molar-refractivity contribution in [1.29, 1.82) is 0 Å². The Morgan fingerprint density at radius 1 is 1.10 bits per heavy atom. The van der Waals surface area contributed by atoms with E-state index in [0.29, 0.717) is 28.8 Å². The van der Waals surface area contributed by atoms with Gasteiger partial charge in [0.2, 0.25) is 0 Å². The van der Waals surface area contributed by atoms with Gasteiger partial charge in [-0.25, -0.2) is 8.42 Å². The van der Waals surface area contributed by atoms with Crippen LogP contribution in [-0.2, 0) is 9.84 Å². The highest BCUT2D eigenvalue weighted by Gasteiger charge is 2.35. The number of nitrogens with one attached hydrogen (secondary N) is 1. The summed E-state index contributed by atoms with van der Waals surface area (Å²) in [5.74, 6) is 2.65. The van der Waals surface area contributed by atoms with Crippen LogP contribution in [0, 0.1) is 23.2 Å². The number of hydrogen-bond acceptors (Lipinski definition) is 3. The van der Waals surface area contributed by atoms with Gasteiger partial charge >= 0.3 is 0 Å². The molecule has 0 bridgehead atoms. The standard InChI is InChI=1S/C17H35NO2S/c1-6-10-21(19,20)11-9-14-12-16(17(2,3)4)8-7-15(14)13-18-5/h14-16,18H,6-13H2,1-5H3. The average Bonchev–Trinajstić information content (AvgIpc) is 2.36. The Morgan fingerprint density at radius 3 is 2.29 bits per heavy atom. The maximum Gasteiger partial charge on any atom is 0.150 e. The fraction of sp³-hybridized carbons (Fsp3) is 1.00. The molecule has 1 rings (SSSR count). The van der Waals surface area contributed by atoms with Crippen LogP contribution in [0.25, 0.3) is 0 Å². The van der Waals surface area contributed by atoms with E-state index in [1.165, 1.54) is 19.3 Å². The van der Waals surface area contributed by atoms with Gasteiger partial charge in [0.25, 0.3) is 0 Å². The summed E-state index contributed by atoms with van der Waals surface area (Å²) in [4.78, 5) is 0. The van der Waals surface area contributed by atoms with E-state index in [4.69, 9.17) is 0 Å². The second kappa shape index (κ2) is 7.96. The van der Waals surface area contributed by atoms with E-state index in [1.807, 2.05) is 14.0 Å². The van der Waals surface area contributed by atoms with Crippen LogP contribution in [0.2, 0.25) is 0 Å². The van der Waals surface area contributed by atoms with Crippen molar-refractivity contribution in [2.45, 2.75) is 59.8 Å². The average molecular weight is 318 g/mol. The van der Waals surface area contributed by atoms with E-state index in [-0.39, 0.29) is 0 Å². The molecule has 126 valence electrons. The molecule has 0 aromatic heterocycles. The van der Waals surface area contributed by atoms with Crippen molar-refractivity contribution in [3.05, 3.63) is 0 Å². The summed E-state index contributed by atoms with van der Waals surface area (Å²) in [6, 6.07) is 0. The predicted octanol–water partition coefficient (Wildman–Crippen LogP) is 3.50. The van der Waals surface area contributed by atoms with Crippen LogP contribution in [0.15, 0.2) is 0 Å². The molecule has 3 unspecified atom stereocenters. The van der Waals surface area contributed by atoms with Crippen molar-refractivity contribution in [3.8, 4) is 0 Å². The molecule has 1 aliphatic rings. The number of rotatable bonds is 7. The van der Waals surface area contributed by atoms with Gasteiger partial charge in [0, 0.05) is 5.75 Å². The van der Waals surface area contributed by atoms with E-state index in [0.717, 1.165) is 25.3 Å². The van der Waals surface area contributed by atoms with Gasteiger partial charge in [0.1, 0.15) is 9.84 Å².